The number of thiophene rings is 1. The van der Waals surface area contributed by atoms with Crippen LogP contribution in [0, 0.1) is 6.92 Å². The average molecular weight is 375 g/mol. The molecule has 108 valence electrons. The summed E-state index contributed by atoms with van der Waals surface area (Å²) in [4.78, 5) is 1.12. The quantitative estimate of drug-likeness (QED) is 0.767. The van der Waals surface area contributed by atoms with Crippen LogP contribution in [-0.4, -0.2) is 6.04 Å². The molecule has 2 atom stereocenters. The second-order valence-electron chi connectivity index (χ2n) is 4.66. The standard InChI is InChI=1S/C15H17BrClNOS/c1-3-11(18)15(13-6-7-14(16)20-13)19-12-8-10(17)5-4-9(12)2/h4-8,11,15H,3,18H2,1-2H3. The van der Waals surface area contributed by atoms with E-state index >= 15 is 0 Å². The number of hydrogen-bond acceptors (Lipinski definition) is 3. The fraction of sp³-hybridized carbons (Fsp3) is 0.333. The molecule has 0 bridgehead atoms. The molecule has 0 saturated carbocycles. The molecule has 20 heavy (non-hydrogen) atoms. The van der Waals surface area contributed by atoms with Crippen molar-refractivity contribution in [2.45, 2.75) is 32.4 Å². The first-order valence-electron chi connectivity index (χ1n) is 6.45. The van der Waals surface area contributed by atoms with Crippen molar-refractivity contribution in [3.05, 3.63) is 49.6 Å². The van der Waals surface area contributed by atoms with Crippen LogP contribution in [0.4, 0.5) is 0 Å². The van der Waals surface area contributed by atoms with Crippen LogP contribution in [0.25, 0.3) is 0 Å². The van der Waals surface area contributed by atoms with Gasteiger partial charge in [0.25, 0.3) is 0 Å². The van der Waals surface area contributed by atoms with Gasteiger partial charge in [-0.2, -0.15) is 0 Å². The van der Waals surface area contributed by atoms with Crippen molar-refractivity contribution in [2.75, 3.05) is 0 Å². The molecule has 1 aromatic carbocycles. The molecule has 5 heteroatoms. The summed E-state index contributed by atoms with van der Waals surface area (Å²) in [6.07, 6.45) is 0.688. The van der Waals surface area contributed by atoms with Crippen LogP contribution in [0.5, 0.6) is 5.75 Å². The minimum atomic E-state index is -0.159. The van der Waals surface area contributed by atoms with Crippen LogP contribution < -0.4 is 10.5 Å². The number of hydrogen-bond donors (Lipinski definition) is 1. The summed E-state index contributed by atoms with van der Waals surface area (Å²) in [6.45, 7) is 4.07. The largest absolute Gasteiger partial charge is 0.483 e. The predicted molar refractivity (Wildman–Crippen MR) is 89.8 cm³/mol. The van der Waals surface area contributed by atoms with E-state index in [-0.39, 0.29) is 12.1 Å². The highest BCUT2D eigenvalue weighted by Crippen LogP contribution is 2.34. The number of halogens is 2. The Morgan fingerprint density at radius 3 is 2.70 bits per heavy atom. The summed E-state index contributed by atoms with van der Waals surface area (Å²) in [6, 6.07) is 9.67. The van der Waals surface area contributed by atoms with Crippen molar-refractivity contribution in [1.29, 1.82) is 0 Å². The molecular weight excluding hydrogens is 358 g/mol. The van der Waals surface area contributed by atoms with Crippen LogP contribution in [0.2, 0.25) is 5.02 Å². The monoisotopic (exact) mass is 373 g/mol. The first-order valence-corrected chi connectivity index (χ1v) is 8.43. The lowest BCUT2D eigenvalue weighted by Crippen LogP contribution is -2.31. The fourth-order valence-corrected chi connectivity index (χ4v) is 3.58. The average Bonchev–Trinajstić information content (AvgIpc) is 2.85. The van der Waals surface area contributed by atoms with Crippen molar-refractivity contribution < 1.29 is 4.74 Å². The number of rotatable bonds is 5. The van der Waals surface area contributed by atoms with Gasteiger partial charge in [0.1, 0.15) is 11.9 Å². The van der Waals surface area contributed by atoms with Gasteiger partial charge in [0.15, 0.2) is 0 Å². The number of benzene rings is 1. The van der Waals surface area contributed by atoms with Gasteiger partial charge in [-0.3, -0.25) is 0 Å². The molecule has 0 amide bonds. The van der Waals surface area contributed by atoms with Crippen molar-refractivity contribution in [2.24, 2.45) is 5.73 Å². The molecule has 2 rings (SSSR count). The van der Waals surface area contributed by atoms with Crippen LogP contribution in [-0.2, 0) is 0 Å². The number of aryl methyl sites for hydroxylation is 1. The lowest BCUT2D eigenvalue weighted by atomic mass is 10.1. The Morgan fingerprint density at radius 1 is 1.35 bits per heavy atom. The molecule has 0 aliphatic rings. The normalized spacial score (nSPS) is 14.1. The van der Waals surface area contributed by atoms with Gasteiger partial charge < -0.3 is 10.5 Å². The molecule has 2 aromatic rings. The molecule has 1 aromatic heterocycles. The molecule has 0 fully saturated rings. The first kappa shape index (κ1) is 15.8. The summed E-state index contributed by atoms with van der Waals surface area (Å²) in [7, 11) is 0. The third-order valence-corrected chi connectivity index (χ3v) is 5.06. The summed E-state index contributed by atoms with van der Waals surface area (Å²) in [5, 5.41) is 0.668. The Balaban J connectivity index is 2.30. The Labute approximate surface area is 137 Å². The zero-order valence-corrected chi connectivity index (χ0v) is 14.6. The van der Waals surface area contributed by atoms with Crippen molar-refractivity contribution in [3.8, 4) is 5.75 Å². The minimum Gasteiger partial charge on any atom is -0.483 e. The van der Waals surface area contributed by atoms with Crippen molar-refractivity contribution in [1.82, 2.24) is 0 Å². The first-order chi connectivity index (χ1) is 9.51. The van der Waals surface area contributed by atoms with E-state index in [4.69, 9.17) is 22.1 Å². The van der Waals surface area contributed by atoms with Gasteiger partial charge in [0, 0.05) is 15.9 Å². The second kappa shape index (κ2) is 6.94. The molecule has 0 aliphatic carbocycles. The van der Waals surface area contributed by atoms with Gasteiger partial charge in [-0.1, -0.05) is 24.6 Å². The smallest absolute Gasteiger partial charge is 0.148 e. The van der Waals surface area contributed by atoms with Gasteiger partial charge in [0.05, 0.1) is 3.79 Å². The van der Waals surface area contributed by atoms with Crippen LogP contribution in [0.15, 0.2) is 34.1 Å². The maximum Gasteiger partial charge on any atom is 0.148 e. The lowest BCUT2D eigenvalue weighted by Gasteiger charge is -2.24. The summed E-state index contributed by atoms with van der Waals surface area (Å²) in [5.41, 5.74) is 7.28. The summed E-state index contributed by atoms with van der Waals surface area (Å²) < 4.78 is 7.23. The van der Waals surface area contributed by atoms with E-state index in [1.54, 1.807) is 11.3 Å². The van der Waals surface area contributed by atoms with Gasteiger partial charge in [-0.05, 0) is 59.1 Å². The highest BCUT2D eigenvalue weighted by atomic mass is 79.9. The second-order valence-corrected chi connectivity index (χ2v) is 7.59. The van der Waals surface area contributed by atoms with Gasteiger partial charge in [-0.25, -0.2) is 0 Å². The van der Waals surface area contributed by atoms with Crippen LogP contribution in [0.1, 0.15) is 29.9 Å². The van der Waals surface area contributed by atoms with Gasteiger partial charge in [-0.15, -0.1) is 11.3 Å². The topological polar surface area (TPSA) is 35.2 Å². The molecule has 0 aliphatic heterocycles. The van der Waals surface area contributed by atoms with E-state index in [9.17, 15) is 0 Å². The molecule has 2 unspecified atom stereocenters. The molecule has 1 heterocycles. The van der Waals surface area contributed by atoms with Crippen molar-refractivity contribution >= 4 is 38.9 Å². The van der Waals surface area contributed by atoms with E-state index in [0.717, 1.165) is 26.4 Å². The van der Waals surface area contributed by atoms with Crippen LogP contribution >= 0.6 is 38.9 Å². The highest BCUT2D eigenvalue weighted by molar-refractivity contribution is 9.11. The summed E-state index contributed by atoms with van der Waals surface area (Å²) in [5.74, 6) is 0.788. The predicted octanol–water partition coefficient (Wildman–Crippen LogP) is 5.33. The molecule has 2 nitrogen and oxygen atoms in total. The van der Waals surface area contributed by atoms with Gasteiger partial charge in [0.2, 0.25) is 0 Å². The van der Waals surface area contributed by atoms with Crippen molar-refractivity contribution in [3.63, 3.8) is 0 Å². The molecule has 0 saturated heterocycles. The van der Waals surface area contributed by atoms with E-state index in [1.807, 2.05) is 31.2 Å². The van der Waals surface area contributed by atoms with E-state index in [1.165, 1.54) is 0 Å². The Hall–Kier alpha value is -0.550. The number of nitrogens with two attached hydrogens (primary N) is 1. The minimum absolute atomic E-state index is 0.0565. The fourth-order valence-electron chi connectivity index (χ4n) is 1.89. The molecule has 0 spiro atoms. The number of ether oxygens (including phenoxy) is 1. The molecule has 0 radical (unpaired) electrons. The maximum atomic E-state index is 6.23. The Kier molecular flexibility index (Phi) is 5.49. The van der Waals surface area contributed by atoms with Gasteiger partial charge >= 0.3 is 0 Å². The molecular formula is C15H17BrClNOS. The third-order valence-electron chi connectivity index (χ3n) is 3.14. The summed E-state index contributed by atoms with van der Waals surface area (Å²) >= 11 is 11.2. The maximum absolute atomic E-state index is 6.23. The lowest BCUT2D eigenvalue weighted by molar-refractivity contribution is 0.173. The SMILES string of the molecule is CCC(N)C(Oc1cc(Cl)ccc1C)c1ccc(Br)s1. The zero-order chi connectivity index (χ0) is 14.7. The molecule has 2 N–H and O–H groups in total. The van der Waals surface area contributed by atoms with E-state index in [0.29, 0.717) is 5.02 Å². The Morgan fingerprint density at radius 2 is 2.10 bits per heavy atom. The van der Waals surface area contributed by atoms with E-state index < -0.39 is 0 Å². The zero-order valence-electron chi connectivity index (χ0n) is 11.4. The Bertz CT molecular complexity index is 587. The highest BCUT2D eigenvalue weighted by Gasteiger charge is 2.23. The van der Waals surface area contributed by atoms with Crippen LogP contribution in [0.3, 0.4) is 0 Å². The van der Waals surface area contributed by atoms with E-state index in [2.05, 4.69) is 28.9 Å². The third kappa shape index (κ3) is 3.76.